The van der Waals surface area contributed by atoms with Gasteiger partial charge in [0, 0.05) is 4.47 Å². The molecule has 2 fully saturated rings. The van der Waals surface area contributed by atoms with Gasteiger partial charge < -0.3 is 9.64 Å². The minimum absolute atomic E-state index is 0.170. The van der Waals surface area contributed by atoms with Gasteiger partial charge in [0.1, 0.15) is 0 Å². The van der Waals surface area contributed by atoms with Crippen LogP contribution in [0.2, 0.25) is 0 Å². The number of ether oxygens (including phenoxy) is 1. The molecule has 2 heterocycles. The second kappa shape index (κ2) is 7.53. The fourth-order valence-corrected chi connectivity index (χ4v) is 3.84. The Hall–Kier alpha value is -1.93. The lowest BCUT2D eigenvalue weighted by atomic mass is 10.2. The van der Waals surface area contributed by atoms with Gasteiger partial charge in [0.05, 0.1) is 44.9 Å². The lowest BCUT2D eigenvalue weighted by Gasteiger charge is -2.33. The second-order valence-corrected chi connectivity index (χ2v) is 6.97. The largest absolute Gasteiger partial charge is 0.450 e. The Labute approximate surface area is 154 Å². The van der Waals surface area contributed by atoms with Crippen molar-refractivity contribution in [3.63, 3.8) is 0 Å². The first kappa shape index (κ1) is 17.9. The Kier molecular flexibility index (Phi) is 5.39. The summed E-state index contributed by atoms with van der Waals surface area (Å²) in [7, 11) is 0. The molecule has 0 unspecified atom stereocenters. The summed E-state index contributed by atoms with van der Waals surface area (Å²) in [5, 5.41) is 0. The number of rotatable bonds is 3. The molecule has 0 aromatic heterocycles. The molecule has 3 rings (SSSR count). The van der Waals surface area contributed by atoms with Gasteiger partial charge in [-0.2, -0.15) is 0 Å². The summed E-state index contributed by atoms with van der Waals surface area (Å²) in [6, 6.07) is 6.84. The van der Waals surface area contributed by atoms with Gasteiger partial charge >= 0.3 is 6.09 Å². The molecule has 3 amide bonds. The van der Waals surface area contributed by atoms with Gasteiger partial charge in [0.2, 0.25) is 5.91 Å². The topological polar surface area (TPSA) is 71.4 Å². The summed E-state index contributed by atoms with van der Waals surface area (Å²) in [6.45, 7) is 4.45. The zero-order valence-corrected chi connectivity index (χ0v) is 15.6. The van der Waals surface area contributed by atoms with Crippen molar-refractivity contribution in [2.45, 2.75) is 19.4 Å². The number of para-hydroxylation sites is 1. The summed E-state index contributed by atoms with van der Waals surface area (Å²) in [4.78, 5) is 41.0. The summed E-state index contributed by atoms with van der Waals surface area (Å²) in [5.74, 6) is -0.348. The van der Waals surface area contributed by atoms with E-state index in [0.29, 0.717) is 38.5 Å². The van der Waals surface area contributed by atoms with E-state index in [9.17, 15) is 14.4 Å². The number of amides is 3. The average Bonchev–Trinajstić information content (AvgIpc) is 2.90. The third-order valence-electron chi connectivity index (χ3n) is 4.66. The molecule has 0 saturated carbocycles. The number of nitrogens with zero attached hydrogens (tertiary/aromatic N) is 2. The van der Waals surface area contributed by atoms with Crippen LogP contribution in [0, 0.1) is 0 Å². The van der Waals surface area contributed by atoms with Gasteiger partial charge in [0.25, 0.3) is 5.91 Å². The Balaban J connectivity index is 1.67. The van der Waals surface area contributed by atoms with Crippen LogP contribution in [0.25, 0.3) is 0 Å². The average molecular weight is 411 g/mol. The maximum Gasteiger partial charge on any atom is 0.410 e. The van der Waals surface area contributed by atoms with Crippen LogP contribution in [-0.2, 0) is 14.3 Å². The normalized spacial score (nSPS) is 21.8. The molecule has 2 aliphatic heterocycles. The molecule has 1 aromatic carbocycles. The maximum atomic E-state index is 12.8. The van der Waals surface area contributed by atoms with Crippen LogP contribution < -0.4 is 9.80 Å². The first-order valence-corrected chi connectivity index (χ1v) is 9.19. The zero-order chi connectivity index (χ0) is 18.0. The molecule has 0 bridgehead atoms. The molecular formula is C17H21BrN3O4+. The molecular weight excluding hydrogens is 390 g/mol. The smallest absolute Gasteiger partial charge is 0.410 e. The van der Waals surface area contributed by atoms with Gasteiger partial charge in [-0.25, -0.2) is 9.69 Å². The number of carbonyl (C=O) groups excluding carboxylic acids is 3. The third-order valence-corrected chi connectivity index (χ3v) is 5.34. The van der Waals surface area contributed by atoms with Gasteiger partial charge in [-0.15, -0.1) is 0 Å². The molecule has 1 atom stereocenters. The van der Waals surface area contributed by atoms with Gasteiger partial charge in [-0.3, -0.25) is 14.5 Å². The van der Waals surface area contributed by atoms with Crippen molar-refractivity contribution in [1.82, 2.24) is 4.90 Å². The number of piperazine rings is 1. The molecule has 134 valence electrons. The SMILES string of the molecule is CCOC(=O)N1CC[NH+]([C@H]2CC(=O)N(c3ccccc3Br)C2=O)CC1. The molecule has 1 N–H and O–H groups in total. The number of hydrogen-bond acceptors (Lipinski definition) is 4. The monoisotopic (exact) mass is 410 g/mol. The quantitative estimate of drug-likeness (QED) is 0.733. The Morgan fingerprint density at radius 1 is 1.28 bits per heavy atom. The molecule has 0 radical (unpaired) electrons. The van der Waals surface area contributed by atoms with Gasteiger partial charge in [-0.05, 0) is 35.0 Å². The first-order chi connectivity index (χ1) is 12.0. The minimum Gasteiger partial charge on any atom is -0.450 e. The molecule has 0 aliphatic carbocycles. The molecule has 1 aromatic rings. The fraction of sp³-hybridized carbons (Fsp3) is 0.471. The van der Waals surface area contributed by atoms with Crippen molar-refractivity contribution in [2.75, 3.05) is 37.7 Å². The molecule has 0 spiro atoms. The number of quaternary nitrogens is 1. The molecule has 7 nitrogen and oxygen atoms in total. The van der Waals surface area contributed by atoms with E-state index in [1.165, 1.54) is 4.90 Å². The van der Waals surface area contributed by atoms with Crippen LogP contribution in [0.1, 0.15) is 13.3 Å². The van der Waals surface area contributed by atoms with Crippen LogP contribution in [0.5, 0.6) is 0 Å². The lowest BCUT2D eigenvalue weighted by Crippen LogP contribution is -3.19. The van der Waals surface area contributed by atoms with E-state index >= 15 is 0 Å². The Morgan fingerprint density at radius 3 is 2.60 bits per heavy atom. The highest BCUT2D eigenvalue weighted by Gasteiger charge is 2.47. The highest BCUT2D eigenvalue weighted by Crippen LogP contribution is 2.29. The Morgan fingerprint density at radius 2 is 1.96 bits per heavy atom. The molecule has 8 heteroatoms. The van der Waals surface area contributed by atoms with E-state index in [-0.39, 0.29) is 30.4 Å². The summed E-state index contributed by atoms with van der Waals surface area (Å²) in [6.07, 6.45) is -0.111. The zero-order valence-electron chi connectivity index (χ0n) is 14.0. The van der Waals surface area contributed by atoms with E-state index in [1.54, 1.807) is 24.0 Å². The maximum absolute atomic E-state index is 12.8. The number of imide groups is 1. The number of nitrogens with one attached hydrogen (secondary N) is 1. The third kappa shape index (κ3) is 3.55. The van der Waals surface area contributed by atoms with Crippen LogP contribution in [0.4, 0.5) is 10.5 Å². The van der Waals surface area contributed by atoms with E-state index in [4.69, 9.17) is 4.74 Å². The van der Waals surface area contributed by atoms with Crippen LogP contribution in [0.3, 0.4) is 0 Å². The number of halogens is 1. The van der Waals surface area contributed by atoms with Crippen molar-refractivity contribution in [3.05, 3.63) is 28.7 Å². The lowest BCUT2D eigenvalue weighted by molar-refractivity contribution is -0.918. The van der Waals surface area contributed by atoms with Gasteiger partial charge in [-0.1, -0.05) is 12.1 Å². The molecule has 2 saturated heterocycles. The summed E-state index contributed by atoms with van der Waals surface area (Å²) >= 11 is 3.40. The standard InChI is InChI=1S/C17H20BrN3O4/c1-2-25-17(24)20-9-7-19(8-10-20)14-11-15(22)21(16(14)23)13-6-4-3-5-12(13)18/h3-6,14H,2,7-11H2,1H3/p+1/t14-/m0/s1. The van der Waals surface area contributed by atoms with Crippen molar-refractivity contribution in [2.24, 2.45) is 0 Å². The van der Waals surface area contributed by atoms with Crippen LogP contribution >= 0.6 is 15.9 Å². The van der Waals surface area contributed by atoms with Crippen molar-refractivity contribution in [3.8, 4) is 0 Å². The fourth-order valence-electron chi connectivity index (χ4n) is 3.38. The number of carbonyl (C=O) groups is 3. The number of hydrogen-bond donors (Lipinski definition) is 1. The second-order valence-electron chi connectivity index (χ2n) is 6.12. The number of anilines is 1. The van der Waals surface area contributed by atoms with Crippen molar-refractivity contribution < 1.29 is 24.0 Å². The van der Waals surface area contributed by atoms with Gasteiger partial charge in [0.15, 0.2) is 6.04 Å². The summed E-state index contributed by atoms with van der Waals surface area (Å²) < 4.78 is 5.73. The van der Waals surface area contributed by atoms with Crippen molar-refractivity contribution >= 4 is 39.5 Å². The summed E-state index contributed by atoms with van der Waals surface area (Å²) in [5.41, 5.74) is 0.588. The van der Waals surface area contributed by atoms with E-state index in [2.05, 4.69) is 15.9 Å². The highest BCUT2D eigenvalue weighted by atomic mass is 79.9. The van der Waals surface area contributed by atoms with Crippen LogP contribution in [-0.4, -0.2) is 61.6 Å². The molecule has 2 aliphatic rings. The van der Waals surface area contributed by atoms with E-state index in [0.717, 1.165) is 9.37 Å². The predicted octanol–water partition coefficient (Wildman–Crippen LogP) is 0.438. The van der Waals surface area contributed by atoms with E-state index < -0.39 is 0 Å². The van der Waals surface area contributed by atoms with Crippen molar-refractivity contribution in [1.29, 1.82) is 0 Å². The molecule has 25 heavy (non-hydrogen) atoms. The Bertz CT molecular complexity index is 688. The van der Waals surface area contributed by atoms with Crippen LogP contribution in [0.15, 0.2) is 28.7 Å². The number of benzene rings is 1. The van der Waals surface area contributed by atoms with E-state index in [1.807, 2.05) is 12.1 Å². The first-order valence-electron chi connectivity index (χ1n) is 8.40. The predicted molar refractivity (Wildman–Crippen MR) is 94.3 cm³/mol. The minimum atomic E-state index is -0.385. The highest BCUT2D eigenvalue weighted by molar-refractivity contribution is 9.10.